The van der Waals surface area contributed by atoms with Crippen LogP contribution < -0.4 is 10.1 Å². The monoisotopic (exact) mass is 245 g/mol. The maximum atomic E-state index is 5.24. The van der Waals surface area contributed by atoms with Crippen molar-refractivity contribution >= 4 is 0 Å². The lowest BCUT2D eigenvalue weighted by atomic mass is 10.1. The third-order valence-corrected chi connectivity index (χ3v) is 3.08. The fourth-order valence-electron chi connectivity index (χ4n) is 1.98. The molecule has 2 N–H and O–H groups in total. The molecule has 0 aliphatic heterocycles. The molecule has 2 rings (SSSR count). The minimum Gasteiger partial charge on any atom is -0.497 e. The zero-order valence-corrected chi connectivity index (χ0v) is 11.0. The van der Waals surface area contributed by atoms with Gasteiger partial charge in [-0.05, 0) is 37.6 Å². The fourth-order valence-corrected chi connectivity index (χ4v) is 1.98. The van der Waals surface area contributed by atoms with Crippen LogP contribution in [0.2, 0.25) is 0 Å². The molecule has 0 bridgehead atoms. The molecular formula is C14H19N3O. The van der Waals surface area contributed by atoms with Crippen molar-refractivity contribution in [3.05, 3.63) is 47.8 Å². The Labute approximate surface area is 107 Å². The number of rotatable bonds is 5. The number of nitrogens with one attached hydrogen (secondary N) is 2. The van der Waals surface area contributed by atoms with E-state index in [2.05, 4.69) is 41.5 Å². The summed E-state index contributed by atoms with van der Waals surface area (Å²) in [6.45, 7) is 4.26. The summed E-state index contributed by atoms with van der Waals surface area (Å²) in [6.07, 6.45) is 1.77. The van der Waals surface area contributed by atoms with Crippen molar-refractivity contribution in [2.75, 3.05) is 7.11 Å². The van der Waals surface area contributed by atoms with Crippen LogP contribution in [-0.4, -0.2) is 17.3 Å². The molecule has 0 radical (unpaired) electrons. The van der Waals surface area contributed by atoms with Crippen molar-refractivity contribution in [3.63, 3.8) is 0 Å². The van der Waals surface area contributed by atoms with Crippen molar-refractivity contribution in [3.8, 4) is 5.75 Å². The highest BCUT2D eigenvalue weighted by Gasteiger charge is 2.12. The highest BCUT2D eigenvalue weighted by molar-refractivity contribution is 5.30. The molecule has 2 aromatic rings. The van der Waals surface area contributed by atoms with Gasteiger partial charge in [0.05, 0.1) is 12.8 Å². The van der Waals surface area contributed by atoms with E-state index >= 15 is 0 Å². The van der Waals surface area contributed by atoms with Gasteiger partial charge in [0.25, 0.3) is 0 Å². The van der Waals surface area contributed by atoms with Crippen LogP contribution in [0.4, 0.5) is 0 Å². The predicted molar refractivity (Wildman–Crippen MR) is 71.5 cm³/mol. The Hall–Kier alpha value is -1.81. The maximum absolute atomic E-state index is 5.24. The number of benzene rings is 1. The Morgan fingerprint density at radius 3 is 2.72 bits per heavy atom. The quantitative estimate of drug-likeness (QED) is 0.851. The number of hydrogen-bond acceptors (Lipinski definition) is 3. The Morgan fingerprint density at radius 1 is 1.22 bits per heavy atom. The third kappa shape index (κ3) is 2.90. The summed E-state index contributed by atoms with van der Waals surface area (Å²) in [5.74, 6) is 0.885. The van der Waals surface area contributed by atoms with Crippen LogP contribution in [0.1, 0.15) is 37.2 Å². The zero-order valence-electron chi connectivity index (χ0n) is 11.0. The summed E-state index contributed by atoms with van der Waals surface area (Å²) in [6, 6.07) is 10.6. The lowest BCUT2D eigenvalue weighted by Gasteiger charge is -2.19. The van der Waals surface area contributed by atoms with Gasteiger partial charge in [-0.2, -0.15) is 5.10 Å². The van der Waals surface area contributed by atoms with Crippen LogP contribution in [0.5, 0.6) is 5.75 Å². The van der Waals surface area contributed by atoms with E-state index in [1.807, 2.05) is 18.2 Å². The number of nitrogens with zero attached hydrogens (tertiary/aromatic N) is 1. The molecule has 1 aromatic carbocycles. The summed E-state index contributed by atoms with van der Waals surface area (Å²) in [5, 5.41) is 10.5. The van der Waals surface area contributed by atoms with Crippen molar-refractivity contribution < 1.29 is 4.74 Å². The van der Waals surface area contributed by atoms with Crippen LogP contribution in [0.3, 0.4) is 0 Å². The van der Waals surface area contributed by atoms with E-state index in [-0.39, 0.29) is 12.1 Å². The first kappa shape index (κ1) is 12.6. The summed E-state index contributed by atoms with van der Waals surface area (Å²) in [7, 11) is 1.68. The smallest absolute Gasteiger partial charge is 0.119 e. The fraction of sp³-hybridized carbons (Fsp3) is 0.357. The van der Waals surface area contributed by atoms with Crippen LogP contribution >= 0.6 is 0 Å². The van der Waals surface area contributed by atoms with Gasteiger partial charge >= 0.3 is 0 Å². The Morgan fingerprint density at radius 2 is 2.06 bits per heavy atom. The predicted octanol–water partition coefficient (Wildman–Crippen LogP) is 2.83. The summed E-state index contributed by atoms with van der Waals surface area (Å²) in [4.78, 5) is 0. The molecule has 1 heterocycles. The number of ether oxygens (including phenoxy) is 1. The molecule has 0 fully saturated rings. The van der Waals surface area contributed by atoms with Gasteiger partial charge < -0.3 is 10.1 Å². The van der Waals surface area contributed by atoms with Gasteiger partial charge in [-0.1, -0.05) is 12.1 Å². The normalized spacial score (nSPS) is 14.2. The molecule has 18 heavy (non-hydrogen) atoms. The van der Waals surface area contributed by atoms with Gasteiger partial charge in [0.1, 0.15) is 5.75 Å². The zero-order chi connectivity index (χ0) is 13.0. The molecule has 4 heteroatoms. The molecule has 4 nitrogen and oxygen atoms in total. The minimum absolute atomic E-state index is 0.230. The topological polar surface area (TPSA) is 49.9 Å². The molecule has 1 unspecified atom stereocenters. The first-order valence-corrected chi connectivity index (χ1v) is 6.10. The molecule has 0 saturated carbocycles. The van der Waals surface area contributed by atoms with Crippen molar-refractivity contribution in [1.82, 2.24) is 15.5 Å². The maximum Gasteiger partial charge on any atom is 0.119 e. The van der Waals surface area contributed by atoms with Crippen LogP contribution in [-0.2, 0) is 0 Å². The van der Waals surface area contributed by atoms with E-state index in [4.69, 9.17) is 4.74 Å². The summed E-state index contributed by atoms with van der Waals surface area (Å²) in [5.41, 5.74) is 2.30. The molecule has 0 spiro atoms. The average molecular weight is 245 g/mol. The van der Waals surface area contributed by atoms with E-state index in [0.717, 1.165) is 11.4 Å². The van der Waals surface area contributed by atoms with Gasteiger partial charge in [-0.25, -0.2) is 0 Å². The van der Waals surface area contributed by atoms with E-state index in [1.54, 1.807) is 13.3 Å². The van der Waals surface area contributed by atoms with Gasteiger partial charge in [0.15, 0.2) is 0 Å². The largest absolute Gasteiger partial charge is 0.497 e. The van der Waals surface area contributed by atoms with Gasteiger partial charge in [-0.15, -0.1) is 0 Å². The summed E-state index contributed by atoms with van der Waals surface area (Å²) >= 11 is 0. The SMILES string of the molecule is COc1cccc([C@@H](C)NC(C)c2ccn[nH]2)c1. The number of aromatic amines is 1. The van der Waals surface area contributed by atoms with E-state index < -0.39 is 0 Å². The lowest BCUT2D eigenvalue weighted by molar-refractivity contribution is 0.412. The molecule has 0 aliphatic carbocycles. The lowest BCUT2D eigenvalue weighted by Crippen LogP contribution is -2.22. The molecule has 1 aromatic heterocycles. The first-order chi connectivity index (χ1) is 8.70. The van der Waals surface area contributed by atoms with Gasteiger partial charge in [0, 0.05) is 18.3 Å². The molecule has 0 aliphatic rings. The van der Waals surface area contributed by atoms with Crippen molar-refractivity contribution in [1.29, 1.82) is 0 Å². The van der Waals surface area contributed by atoms with E-state index in [1.165, 1.54) is 5.56 Å². The second-order valence-corrected chi connectivity index (χ2v) is 4.40. The highest BCUT2D eigenvalue weighted by Crippen LogP contribution is 2.21. The highest BCUT2D eigenvalue weighted by atomic mass is 16.5. The Bertz CT molecular complexity index is 482. The number of H-pyrrole nitrogens is 1. The van der Waals surface area contributed by atoms with E-state index in [9.17, 15) is 0 Å². The van der Waals surface area contributed by atoms with Gasteiger partial charge in [-0.3, -0.25) is 5.10 Å². The number of hydrogen-bond donors (Lipinski definition) is 2. The van der Waals surface area contributed by atoms with Crippen LogP contribution in [0.25, 0.3) is 0 Å². The first-order valence-electron chi connectivity index (χ1n) is 6.10. The van der Waals surface area contributed by atoms with E-state index in [0.29, 0.717) is 0 Å². The molecule has 2 atom stereocenters. The van der Waals surface area contributed by atoms with Crippen molar-refractivity contribution in [2.24, 2.45) is 0 Å². The van der Waals surface area contributed by atoms with Gasteiger partial charge in [0.2, 0.25) is 0 Å². The second kappa shape index (κ2) is 5.69. The number of methoxy groups -OCH3 is 1. The Balaban J connectivity index is 2.04. The second-order valence-electron chi connectivity index (χ2n) is 4.40. The number of aromatic nitrogens is 2. The molecule has 0 amide bonds. The van der Waals surface area contributed by atoms with Crippen molar-refractivity contribution in [2.45, 2.75) is 25.9 Å². The molecular weight excluding hydrogens is 226 g/mol. The minimum atomic E-state index is 0.230. The Kier molecular flexibility index (Phi) is 3.99. The standard InChI is InChI=1S/C14H19N3O/c1-10(12-5-4-6-13(9-12)18-3)16-11(2)14-7-8-15-17-14/h4-11,16H,1-3H3,(H,15,17)/t10-,11?/m1/s1. The molecule has 96 valence electrons. The van der Waals surface area contributed by atoms with Crippen LogP contribution in [0.15, 0.2) is 36.5 Å². The third-order valence-electron chi connectivity index (χ3n) is 3.08. The average Bonchev–Trinajstić information content (AvgIpc) is 2.92. The van der Waals surface area contributed by atoms with Crippen LogP contribution in [0, 0.1) is 0 Å². The molecule has 0 saturated heterocycles. The summed E-state index contributed by atoms with van der Waals surface area (Å²) < 4.78 is 5.24.